The van der Waals surface area contributed by atoms with Crippen molar-refractivity contribution in [3.8, 4) is 11.5 Å². The van der Waals surface area contributed by atoms with Crippen molar-refractivity contribution in [2.75, 3.05) is 20.8 Å². The van der Waals surface area contributed by atoms with Gasteiger partial charge < -0.3 is 14.8 Å². The summed E-state index contributed by atoms with van der Waals surface area (Å²) in [6, 6.07) is 11.5. The molecule has 0 fully saturated rings. The maximum atomic E-state index is 12.9. The van der Waals surface area contributed by atoms with Gasteiger partial charge in [-0.1, -0.05) is 30.4 Å². The van der Waals surface area contributed by atoms with Crippen molar-refractivity contribution >= 4 is 23.0 Å². The third-order valence-corrected chi connectivity index (χ3v) is 3.90. The molecule has 0 unspecified atom stereocenters. The van der Waals surface area contributed by atoms with E-state index in [1.54, 1.807) is 38.5 Å². The van der Waals surface area contributed by atoms with Gasteiger partial charge in [0.2, 0.25) is 5.91 Å². The minimum atomic E-state index is -0.280. The first-order valence-corrected chi connectivity index (χ1v) is 8.16. The Morgan fingerprint density at radius 3 is 2.28 bits per heavy atom. The molecule has 2 aromatic rings. The lowest BCUT2D eigenvalue weighted by atomic mass is 10.1. The Kier molecular flexibility index (Phi) is 6.89. The molecule has 1 amide bonds. The molecule has 0 aliphatic carbocycles. The summed E-state index contributed by atoms with van der Waals surface area (Å²) in [6.07, 6.45) is 0.742. The Labute approximate surface area is 152 Å². The van der Waals surface area contributed by atoms with E-state index in [0.29, 0.717) is 29.3 Å². The van der Waals surface area contributed by atoms with E-state index in [1.807, 2.05) is 6.07 Å². The molecule has 6 heteroatoms. The Hall–Kier alpha value is -2.47. The summed E-state index contributed by atoms with van der Waals surface area (Å²) in [7, 11) is 3.11. The molecule has 0 spiro atoms. The Morgan fingerprint density at radius 1 is 1.00 bits per heavy atom. The highest BCUT2D eigenvalue weighted by Gasteiger charge is 2.09. The van der Waals surface area contributed by atoms with Gasteiger partial charge in [0.05, 0.1) is 20.6 Å². The maximum Gasteiger partial charge on any atom is 0.224 e. The Balaban J connectivity index is 1.84. The van der Waals surface area contributed by atoms with Gasteiger partial charge in [-0.15, -0.1) is 0 Å². The molecule has 0 atom stereocenters. The molecule has 1 N–H and O–H groups in total. The average Bonchev–Trinajstić information content (AvgIpc) is 2.62. The van der Waals surface area contributed by atoms with Crippen molar-refractivity contribution in [3.05, 3.63) is 59.4 Å². The smallest absolute Gasteiger partial charge is 0.224 e. The van der Waals surface area contributed by atoms with E-state index in [-0.39, 0.29) is 18.1 Å². The minimum absolute atomic E-state index is 0.131. The molecular formula is C19H20FNO3S. The highest BCUT2D eigenvalue weighted by Crippen LogP contribution is 2.27. The molecule has 132 valence electrons. The monoisotopic (exact) mass is 361 g/mol. The quantitative estimate of drug-likeness (QED) is 0.734. The van der Waals surface area contributed by atoms with Crippen molar-refractivity contribution in [2.45, 2.75) is 12.8 Å². The van der Waals surface area contributed by atoms with Gasteiger partial charge >= 0.3 is 0 Å². The molecule has 0 aliphatic rings. The predicted molar refractivity (Wildman–Crippen MR) is 99.0 cm³/mol. The van der Waals surface area contributed by atoms with E-state index in [1.165, 1.54) is 12.1 Å². The van der Waals surface area contributed by atoms with E-state index >= 15 is 0 Å². The second kappa shape index (κ2) is 9.13. The Bertz CT molecular complexity index is 747. The zero-order chi connectivity index (χ0) is 18.2. The van der Waals surface area contributed by atoms with Crippen LogP contribution >= 0.6 is 12.2 Å². The summed E-state index contributed by atoms with van der Waals surface area (Å²) in [6.45, 7) is 0.304. The zero-order valence-electron chi connectivity index (χ0n) is 14.2. The molecule has 0 saturated carbocycles. The maximum absolute atomic E-state index is 12.9. The highest BCUT2D eigenvalue weighted by atomic mass is 32.1. The second-order valence-electron chi connectivity index (χ2n) is 5.48. The number of benzene rings is 2. The first-order valence-electron chi connectivity index (χ1n) is 7.75. The molecule has 2 aromatic carbocycles. The number of thiocarbonyl (C=S) groups is 1. The van der Waals surface area contributed by atoms with Gasteiger partial charge in [-0.05, 0) is 35.4 Å². The normalized spacial score (nSPS) is 10.2. The number of carbonyl (C=O) groups excluding carboxylic acids is 1. The fourth-order valence-electron chi connectivity index (χ4n) is 2.33. The number of rotatable bonds is 8. The van der Waals surface area contributed by atoms with E-state index < -0.39 is 0 Å². The first kappa shape index (κ1) is 18.9. The summed E-state index contributed by atoms with van der Waals surface area (Å²) in [4.78, 5) is 12.8. The topological polar surface area (TPSA) is 47.6 Å². The van der Waals surface area contributed by atoms with Gasteiger partial charge in [-0.2, -0.15) is 0 Å². The second-order valence-corrected chi connectivity index (χ2v) is 6.06. The van der Waals surface area contributed by atoms with Crippen molar-refractivity contribution in [1.82, 2.24) is 5.32 Å². The van der Waals surface area contributed by atoms with E-state index in [9.17, 15) is 9.18 Å². The number of methoxy groups -OCH3 is 2. The van der Waals surface area contributed by atoms with Gasteiger partial charge in [-0.25, -0.2) is 4.39 Å². The molecule has 0 saturated heterocycles. The van der Waals surface area contributed by atoms with Crippen LogP contribution in [0.1, 0.15) is 11.1 Å². The largest absolute Gasteiger partial charge is 0.493 e. The number of hydrogen-bond donors (Lipinski definition) is 1. The molecule has 4 nitrogen and oxygen atoms in total. The van der Waals surface area contributed by atoms with Crippen LogP contribution in [0, 0.1) is 5.82 Å². The minimum Gasteiger partial charge on any atom is -0.493 e. The molecular weight excluding hydrogens is 341 g/mol. The fourth-order valence-corrected chi connectivity index (χ4v) is 2.57. The van der Waals surface area contributed by atoms with Crippen LogP contribution in [0.4, 0.5) is 4.39 Å². The molecule has 0 aliphatic heterocycles. The van der Waals surface area contributed by atoms with Gasteiger partial charge in [0.1, 0.15) is 5.82 Å². The van der Waals surface area contributed by atoms with Gasteiger partial charge in [0.25, 0.3) is 0 Å². The van der Waals surface area contributed by atoms with Crippen LogP contribution in [0.3, 0.4) is 0 Å². The highest BCUT2D eigenvalue weighted by molar-refractivity contribution is 7.80. The molecule has 0 aromatic heterocycles. The molecule has 25 heavy (non-hydrogen) atoms. The number of hydrogen-bond acceptors (Lipinski definition) is 4. The Morgan fingerprint density at radius 2 is 1.64 bits per heavy atom. The van der Waals surface area contributed by atoms with Crippen molar-refractivity contribution < 1.29 is 18.7 Å². The first-order chi connectivity index (χ1) is 12.0. The number of ether oxygens (including phenoxy) is 2. The summed E-state index contributed by atoms with van der Waals surface area (Å²) >= 11 is 5.28. The lowest BCUT2D eigenvalue weighted by Crippen LogP contribution is -2.30. The number of halogens is 1. The average molecular weight is 361 g/mol. The van der Waals surface area contributed by atoms with Gasteiger partial charge in [-0.3, -0.25) is 4.79 Å². The van der Waals surface area contributed by atoms with Crippen LogP contribution in [0.5, 0.6) is 11.5 Å². The van der Waals surface area contributed by atoms with Crippen molar-refractivity contribution in [3.63, 3.8) is 0 Å². The van der Waals surface area contributed by atoms with Crippen LogP contribution in [0.25, 0.3) is 0 Å². The van der Waals surface area contributed by atoms with E-state index in [0.717, 1.165) is 11.1 Å². The van der Waals surface area contributed by atoms with Crippen LogP contribution in [-0.2, 0) is 17.6 Å². The number of amides is 1. The SMILES string of the molecule is COc1ccc(CC(=O)NCC(=S)Cc2ccc(F)cc2)cc1OC. The number of nitrogens with one attached hydrogen (secondary N) is 1. The third kappa shape index (κ3) is 5.83. The molecule has 0 radical (unpaired) electrons. The molecule has 0 heterocycles. The molecule has 2 rings (SSSR count). The van der Waals surface area contributed by atoms with Crippen LogP contribution in [0.2, 0.25) is 0 Å². The lowest BCUT2D eigenvalue weighted by Gasteiger charge is -2.10. The fraction of sp³-hybridized carbons (Fsp3) is 0.263. The van der Waals surface area contributed by atoms with Crippen molar-refractivity contribution in [1.29, 1.82) is 0 Å². The van der Waals surface area contributed by atoms with E-state index in [2.05, 4.69) is 5.32 Å². The summed E-state index contributed by atoms with van der Waals surface area (Å²) in [5.74, 6) is 0.790. The molecule has 0 bridgehead atoms. The standard InChI is InChI=1S/C19H20FNO3S/c1-23-17-8-5-14(10-18(17)24-2)11-19(22)21-12-16(25)9-13-3-6-15(20)7-4-13/h3-8,10H,9,11-12H2,1-2H3,(H,21,22). The lowest BCUT2D eigenvalue weighted by molar-refractivity contribution is -0.120. The van der Waals surface area contributed by atoms with Gasteiger partial charge in [0, 0.05) is 17.8 Å². The van der Waals surface area contributed by atoms with Crippen molar-refractivity contribution in [2.24, 2.45) is 0 Å². The van der Waals surface area contributed by atoms with Gasteiger partial charge in [0.15, 0.2) is 11.5 Å². The summed E-state index contributed by atoms with van der Waals surface area (Å²) in [5, 5.41) is 2.80. The van der Waals surface area contributed by atoms with Crippen LogP contribution in [0.15, 0.2) is 42.5 Å². The third-order valence-electron chi connectivity index (χ3n) is 3.61. The summed E-state index contributed by atoms with van der Waals surface area (Å²) < 4.78 is 23.3. The van der Waals surface area contributed by atoms with Crippen LogP contribution in [-0.4, -0.2) is 31.5 Å². The zero-order valence-corrected chi connectivity index (χ0v) is 15.0. The predicted octanol–water partition coefficient (Wildman–Crippen LogP) is 3.11. The van der Waals surface area contributed by atoms with E-state index in [4.69, 9.17) is 21.7 Å². The number of carbonyl (C=O) groups is 1. The van der Waals surface area contributed by atoms with Crippen LogP contribution < -0.4 is 14.8 Å². The summed E-state index contributed by atoms with van der Waals surface area (Å²) in [5.41, 5.74) is 1.74.